The summed E-state index contributed by atoms with van der Waals surface area (Å²) in [4.78, 5) is 23.0. The molecule has 0 aliphatic carbocycles. The molecule has 100 valence electrons. The Morgan fingerprint density at radius 2 is 1.33 bits per heavy atom. The van der Waals surface area contributed by atoms with Crippen LogP contribution in [0.4, 0.5) is 0 Å². The van der Waals surface area contributed by atoms with Crippen LogP contribution in [-0.4, -0.2) is 30.9 Å². The summed E-state index contributed by atoms with van der Waals surface area (Å²) in [5, 5.41) is 0. The lowest BCUT2D eigenvalue weighted by Crippen LogP contribution is -2.55. The van der Waals surface area contributed by atoms with E-state index in [2.05, 4.69) is 0 Å². The van der Waals surface area contributed by atoms with Gasteiger partial charge < -0.3 is 14.2 Å². The van der Waals surface area contributed by atoms with Gasteiger partial charge in [0.05, 0.1) is 0 Å². The van der Waals surface area contributed by atoms with E-state index in [-0.39, 0.29) is 13.2 Å². The highest BCUT2D eigenvalue weighted by Crippen LogP contribution is 2.24. The third-order valence-corrected chi connectivity index (χ3v) is 2.03. The molecular formula is C13H18O5. The van der Waals surface area contributed by atoms with E-state index in [1.807, 2.05) is 0 Å². The van der Waals surface area contributed by atoms with Gasteiger partial charge in [-0.3, -0.25) is 0 Å². The quantitative estimate of drug-likeness (QED) is 0.434. The molecule has 0 aromatic heterocycles. The first-order chi connectivity index (χ1) is 8.33. The van der Waals surface area contributed by atoms with E-state index in [4.69, 9.17) is 14.2 Å². The largest absolute Gasteiger partial charge is 0.414 e. The lowest BCUT2D eigenvalue weighted by Gasteiger charge is -2.38. The summed E-state index contributed by atoms with van der Waals surface area (Å²) in [5.74, 6) is -2.35. The Bertz CT molecular complexity index is 360. The molecule has 0 amide bonds. The van der Waals surface area contributed by atoms with Gasteiger partial charge in [-0.05, 0) is 27.7 Å². The topological polar surface area (TPSA) is 61.8 Å². The fourth-order valence-corrected chi connectivity index (χ4v) is 1.30. The molecule has 0 radical (unpaired) electrons. The number of ether oxygens (including phenoxy) is 3. The number of rotatable bonds is 4. The van der Waals surface area contributed by atoms with Crippen molar-refractivity contribution in [3.05, 3.63) is 23.3 Å². The first kappa shape index (κ1) is 14.4. The molecule has 0 saturated carbocycles. The molecular weight excluding hydrogens is 236 g/mol. The molecule has 0 aromatic carbocycles. The van der Waals surface area contributed by atoms with Gasteiger partial charge in [-0.1, -0.05) is 11.1 Å². The lowest BCUT2D eigenvalue weighted by atomic mass is 10.2. The lowest BCUT2D eigenvalue weighted by molar-refractivity contribution is -0.308. The predicted molar refractivity (Wildman–Crippen MR) is 64.6 cm³/mol. The summed E-state index contributed by atoms with van der Waals surface area (Å²) < 4.78 is 15.2. The number of hydrogen-bond donors (Lipinski definition) is 0. The van der Waals surface area contributed by atoms with Crippen LogP contribution in [0.15, 0.2) is 23.3 Å². The van der Waals surface area contributed by atoms with Crippen LogP contribution in [0, 0.1) is 0 Å². The van der Waals surface area contributed by atoms with E-state index < -0.39 is 17.7 Å². The van der Waals surface area contributed by atoms with Crippen molar-refractivity contribution in [1.82, 2.24) is 0 Å². The SMILES string of the molecule is CC(C)=CC(=O)OC1(OC(=O)C=C(C)C)COC1. The molecule has 1 saturated heterocycles. The van der Waals surface area contributed by atoms with E-state index in [0.29, 0.717) is 0 Å². The van der Waals surface area contributed by atoms with Crippen LogP contribution in [0.5, 0.6) is 0 Å². The van der Waals surface area contributed by atoms with Gasteiger partial charge in [0, 0.05) is 12.2 Å². The Morgan fingerprint density at radius 1 is 0.944 bits per heavy atom. The smallest absolute Gasteiger partial charge is 0.334 e. The molecule has 0 unspecified atom stereocenters. The summed E-state index contributed by atoms with van der Waals surface area (Å²) in [6.07, 6.45) is 2.68. The number of carbonyl (C=O) groups is 2. The van der Waals surface area contributed by atoms with Gasteiger partial charge in [0.15, 0.2) is 0 Å². The van der Waals surface area contributed by atoms with Gasteiger partial charge in [0.25, 0.3) is 0 Å². The van der Waals surface area contributed by atoms with Crippen molar-refractivity contribution in [3.63, 3.8) is 0 Å². The average molecular weight is 254 g/mol. The van der Waals surface area contributed by atoms with Gasteiger partial charge >= 0.3 is 17.7 Å². The van der Waals surface area contributed by atoms with Crippen LogP contribution in [-0.2, 0) is 23.8 Å². The molecule has 0 bridgehead atoms. The normalized spacial score (nSPS) is 16.0. The maximum Gasteiger partial charge on any atom is 0.334 e. The zero-order chi connectivity index (χ0) is 13.8. The summed E-state index contributed by atoms with van der Waals surface area (Å²) in [6.45, 7) is 7.25. The van der Waals surface area contributed by atoms with Crippen molar-refractivity contribution in [3.8, 4) is 0 Å². The second kappa shape index (κ2) is 5.82. The number of allylic oxidation sites excluding steroid dienone is 2. The second-order valence-electron chi connectivity index (χ2n) is 4.69. The van der Waals surface area contributed by atoms with Crippen LogP contribution in [0.2, 0.25) is 0 Å². The summed E-state index contributed by atoms with van der Waals surface area (Å²) in [6, 6.07) is 0. The summed E-state index contributed by atoms with van der Waals surface area (Å²) in [5.41, 5.74) is 1.62. The van der Waals surface area contributed by atoms with Crippen molar-refractivity contribution in [2.75, 3.05) is 13.2 Å². The molecule has 18 heavy (non-hydrogen) atoms. The average Bonchev–Trinajstić information content (AvgIpc) is 2.11. The Morgan fingerprint density at radius 3 is 1.56 bits per heavy atom. The molecule has 0 spiro atoms. The van der Waals surface area contributed by atoms with Gasteiger partial charge in [0.2, 0.25) is 0 Å². The van der Waals surface area contributed by atoms with Crippen LogP contribution in [0.25, 0.3) is 0 Å². The summed E-state index contributed by atoms with van der Waals surface area (Å²) in [7, 11) is 0. The molecule has 0 aromatic rings. The van der Waals surface area contributed by atoms with Crippen molar-refractivity contribution < 1.29 is 23.8 Å². The van der Waals surface area contributed by atoms with Crippen molar-refractivity contribution >= 4 is 11.9 Å². The molecule has 0 atom stereocenters. The maximum absolute atomic E-state index is 11.5. The van der Waals surface area contributed by atoms with Gasteiger partial charge in [0.1, 0.15) is 13.2 Å². The fourth-order valence-electron chi connectivity index (χ4n) is 1.30. The van der Waals surface area contributed by atoms with Crippen LogP contribution < -0.4 is 0 Å². The Labute approximate surface area is 106 Å². The number of carbonyl (C=O) groups excluding carboxylic acids is 2. The molecule has 1 fully saturated rings. The predicted octanol–water partition coefficient (Wildman–Crippen LogP) is 1.73. The van der Waals surface area contributed by atoms with E-state index in [0.717, 1.165) is 11.1 Å². The van der Waals surface area contributed by atoms with Gasteiger partial charge in [-0.2, -0.15) is 0 Å². The van der Waals surface area contributed by atoms with Gasteiger partial charge in [-0.15, -0.1) is 0 Å². The first-order valence-electron chi connectivity index (χ1n) is 5.66. The highest BCUT2D eigenvalue weighted by molar-refractivity contribution is 5.85. The molecule has 1 rings (SSSR count). The minimum atomic E-state index is -1.27. The van der Waals surface area contributed by atoms with E-state index in [1.165, 1.54) is 12.2 Å². The van der Waals surface area contributed by atoms with E-state index in [9.17, 15) is 9.59 Å². The van der Waals surface area contributed by atoms with Crippen molar-refractivity contribution in [1.29, 1.82) is 0 Å². The Balaban J connectivity index is 2.64. The van der Waals surface area contributed by atoms with Crippen LogP contribution in [0.1, 0.15) is 27.7 Å². The highest BCUT2D eigenvalue weighted by atomic mass is 16.8. The second-order valence-corrected chi connectivity index (χ2v) is 4.69. The van der Waals surface area contributed by atoms with Crippen LogP contribution >= 0.6 is 0 Å². The third-order valence-electron chi connectivity index (χ3n) is 2.03. The van der Waals surface area contributed by atoms with Crippen LogP contribution in [0.3, 0.4) is 0 Å². The molecule has 1 aliphatic rings. The number of esters is 2. The van der Waals surface area contributed by atoms with Crippen molar-refractivity contribution in [2.24, 2.45) is 0 Å². The summed E-state index contributed by atoms with van der Waals surface area (Å²) >= 11 is 0. The van der Waals surface area contributed by atoms with Crippen molar-refractivity contribution in [2.45, 2.75) is 33.5 Å². The third kappa shape index (κ3) is 4.33. The maximum atomic E-state index is 11.5. The zero-order valence-corrected chi connectivity index (χ0v) is 11.1. The standard InChI is InChI=1S/C13H18O5/c1-9(2)5-11(14)17-13(7-16-8-13)18-12(15)6-10(3)4/h5-6H,7-8H2,1-4H3. The Kier molecular flexibility index (Phi) is 4.67. The molecule has 1 aliphatic heterocycles. The molecule has 5 nitrogen and oxygen atoms in total. The van der Waals surface area contributed by atoms with E-state index >= 15 is 0 Å². The minimum absolute atomic E-state index is 0.0671. The zero-order valence-electron chi connectivity index (χ0n) is 11.1. The first-order valence-corrected chi connectivity index (χ1v) is 5.66. The Hall–Kier alpha value is -1.62. The minimum Gasteiger partial charge on any atom is -0.414 e. The molecule has 5 heteroatoms. The fraction of sp³-hybridized carbons (Fsp3) is 0.538. The number of hydrogen-bond acceptors (Lipinski definition) is 5. The highest BCUT2D eigenvalue weighted by Gasteiger charge is 2.46. The molecule has 1 heterocycles. The van der Waals surface area contributed by atoms with E-state index in [1.54, 1.807) is 27.7 Å². The molecule has 0 N–H and O–H groups in total. The monoisotopic (exact) mass is 254 g/mol. The van der Waals surface area contributed by atoms with Gasteiger partial charge in [-0.25, -0.2) is 9.59 Å².